The van der Waals surface area contributed by atoms with E-state index in [2.05, 4.69) is 29.9 Å². The van der Waals surface area contributed by atoms with Gasteiger partial charge in [0.25, 0.3) is 28.2 Å². The maximum Gasteiger partial charge on any atom is 0.272 e. The first-order valence-electron chi connectivity index (χ1n) is 9.74. The van der Waals surface area contributed by atoms with Crippen LogP contribution in [-0.2, 0) is 17.1 Å². The van der Waals surface area contributed by atoms with E-state index in [1.807, 2.05) is 0 Å². The number of aromatic nitrogens is 6. The number of rotatable bonds is 9. The zero-order valence-electron chi connectivity index (χ0n) is 18.4. The summed E-state index contributed by atoms with van der Waals surface area (Å²) in [4.78, 5) is 12.0. The molecule has 3 aromatic heterocycles. The molecule has 12 nitrogen and oxygen atoms in total. The summed E-state index contributed by atoms with van der Waals surface area (Å²) in [5.41, 5.74) is 1.34. The summed E-state index contributed by atoms with van der Waals surface area (Å²) >= 11 is 6.36. The number of alkyl halides is 2. The number of nitrogens with one attached hydrogen (secondary N) is 2. The molecule has 3 heterocycles. The summed E-state index contributed by atoms with van der Waals surface area (Å²) in [6, 6.07) is 3.07. The van der Waals surface area contributed by atoms with Crippen molar-refractivity contribution in [1.82, 2.24) is 29.9 Å². The van der Waals surface area contributed by atoms with Crippen LogP contribution in [0.15, 0.2) is 29.4 Å². The van der Waals surface area contributed by atoms with E-state index >= 15 is 0 Å². The number of anilines is 1. The Labute approximate surface area is 202 Å². The molecule has 0 aliphatic carbocycles. The van der Waals surface area contributed by atoms with Crippen LogP contribution in [0.25, 0.3) is 22.2 Å². The second-order valence-electron chi connectivity index (χ2n) is 6.92. The molecule has 1 aromatic carbocycles. The molecule has 0 saturated carbocycles. The standard InChI is InChI=1S/C19H18ClF2N7O5S/c1-29-24-6-11(27-29)14-10(20)5-4-9-12(7-23-15(9)14)35(30,31)28-19-25-17(32-2)16(18(26-19)33-3)34-8-13(21)22/h4-7,13,23H,8H2,1-3H3,(H,25,26,28). The lowest BCUT2D eigenvalue weighted by Gasteiger charge is -2.14. The van der Waals surface area contributed by atoms with E-state index in [1.54, 1.807) is 13.1 Å². The zero-order chi connectivity index (χ0) is 25.3. The predicted molar refractivity (Wildman–Crippen MR) is 121 cm³/mol. The van der Waals surface area contributed by atoms with Crippen molar-refractivity contribution in [1.29, 1.82) is 0 Å². The number of methoxy groups -OCH3 is 2. The van der Waals surface area contributed by atoms with E-state index in [-0.39, 0.29) is 22.4 Å². The van der Waals surface area contributed by atoms with E-state index in [4.69, 9.17) is 25.8 Å². The van der Waals surface area contributed by atoms with E-state index in [0.29, 0.717) is 27.2 Å². The fourth-order valence-electron chi connectivity index (χ4n) is 3.26. The molecule has 0 radical (unpaired) electrons. The number of benzene rings is 1. The van der Waals surface area contributed by atoms with Gasteiger partial charge in [-0.2, -0.15) is 25.0 Å². The van der Waals surface area contributed by atoms with Gasteiger partial charge in [-0.15, -0.1) is 0 Å². The van der Waals surface area contributed by atoms with Crippen molar-refractivity contribution >= 4 is 38.5 Å². The second-order valence-corrected chi connectivity index (χ2v) is 8.98. The highest BCUT2D eigenvalue weighted by atomic mass is 35.5. The van der Waals surface area contributed by atoms with Gasteiger partial charge in [0.15, 0.2) is 0 Å². The molecular formula is C19H18ClF2N7O5S. The van der Waals surface area contributed by atoms with E-state index in [9.17, 15) is 17.2 Å². The number of aromatic amines is 1. The number of ether oxygens (including phenoxy) is 3. The molecule has 4 aromatic rings. The van der Waals surface area contributed by atoms with Crippen LogP contribution in [-0.4, -0.2) is 65.6 Å². The average molecular weight is 530 g/mol. The Balaban J connectivity index is 1.74. The molecule has 0 saturated heterocycles. The molecule has 0 spiro atoms. The minimum absolute atomic E-state index is 0.131. The third-order valence-corrected chi connectivity index (χ3v) is 6.37. The molecule has 2 N–H and O–H groups in total. The molecule has 4 rings (SSSR count). The van der Waals surface area contributed by atoms with Crippen LogP contribution in [0.3, 0.4) is 0 Å². The largest absolute Gasteiger partial charge is 0.478 e. The number of hydrogen-bond acceptors (Lipinski definition) is 9. The lowest BCUT2D eigenvalue weighted by atomic mass is 10.1. The van der Waals surface area contributed by atoms with Gasteiger partial charge in [-0.25, -0.2) is 21.9 Å². The highest BCUT2D eigenvalue weighted by Gasteiger charge is 2.26. The molecule has 0 unspecified atom stereocenters. The average Bonchev–Trinajstić information content (AvgIpc) is 3.43. The number of nitrogens with zero attached hydrogens (tertiary/aromatic N) is 5. The van der Waals surface area contributed by atoms with Gasteiger partial charge in [0, 0.05) is 24.2 Å². The van der Waals surface area contributed by atoms with Crippen molar-refractivity contribution in [3.05, 3.63) is 29.5 Å². The van der Waals surface area contributed by atoms with Gasteiger partial charge in [0.1, 0.15) is 17.2 Å². The van der Waals surface area contributed by atoms with Crippen molar-refractivity contribution in [3.8, 4) is 28.8 Å². The summed E-state index contributed by atoms with van der Waals surface area (Å²) < 4.78 is 68.9. The van der Waals surface area contributed by atoms with Gasteiger partial charge in [-0.05, 0) is 12.1 Å². The van der Waals surface area contributed by atoms with Crippen molar-refractivity contribution in [3.63, 3.8) is 0 Å². The molecule has 0 fully saturated rings. The SMILES string of the molecule is COc1nc(NS(=O)(=O)c2c[nH]c3c(-c4cnn(C)n4)c(Cl)ccc23)nc(OC)c1OCC(F)F. The molecule has 0 aliphatic heterocycles. The van der Waals surface area contributed by atoms with Crippen LogP contribution < -0.4 is 18.9 Å². The zero-order valence-corrected chi connectivity index (χ0v) is 20.0. The first kappa shape index (κ1) is 24.4. The third-order valence-electron chi connectivity index (χ3n) is 4.68. The molecular weight excluding hydrogens is 512 g/mol. The number of hydrogen-bond donors (Lipinski definition) is 2. The number of aryl methyl sites for hydroxylation is 1. The van der Waals surface area contributed by atoms with Gasteiger partial charge < -0.3 is 19.2 Å². The third kappa shape index (κ3) is 4.77. The summed E-state index contributed by atoms with van der Waals surface area (Å²) in [7, 11) is -0.215. The van der Waals surface area contributed by atoms with Crippen molar-refractivity contribution < 1.29 is 31.4 Å². The topological polar surface area (TPSA) is 146 Å². The first-order chi connectivity index (χ1) is 16.6. The van der Waals surface area contributed by atoms with Gasteiger partial charge >= 0.3 is 0 Å². The monoisotopic (exact) mass is 529 g/mol. The predicted octanol–water partition coefficient (Wildman–Crippen LogP) is 2.87. The second kappa shape index (κ2) is 9.50. The summed E-state index contributed by atoms with van der Waals surface area (Å²) in [5, 5.41) is 8.92. The number of H-pyrrole nitrogens is 1. The fourth-order valence-corrected chi connectivity index (χ4v) is 4.63. The molecule has 0 amide bonds. The molecule has 186 valence electrons. The minimum atomic E-state index is -4.25. The molecule has 0 bridgehead atoms. The van der Waals surface area contributed by atoms with Crippen LogP contribution in [0.2, 0.25) is 5.02 Å². The van der Waals surface area contributed by atoms with Crippen LogP contribution in [0.5, 0.6) is 17.5 Å². The Hall–Kier alpha value is -3.72. The minimum Gasteiger partial charge on any atom is -0.478 e. The fraction of sp³-hybridized carbons (Fsp3) is 0.263. The Morgan fingerprint density at radius 2 is 1.89 bits per heavy atom. The highest BCUT2D eigenvalue weighted by Crippen LogP contribution is 2.38. The van der Waals surface area contributed by atoms with Crippen molar-refractivity contribution in [2.45, 2.75) is 11.3 Å². The molecule has 16 heteroatoms. The van der Waals surface area contributed by atoms with Crippen molar-refractivity contribution in [2.24, 2.45) is 7.05 Å². The first-order valence-corrected chi connectivity index (χ1v) is 11.6. The van der Waals surface area contributed by atoms with Crippen LogP contribution in [0.4, 0.5) is 14.7 Å². The smallest absolute Gasteiger partial charge is 0.272 e. The Morgan fingerprint density at radius 3 is 2.46 bits per heavy atom. The number of halogens is 3. The maximum absolute atomic E-state index is 13.2. The van der Waals surface area contributed by atoms with E-state index < -0.39 is 29.0 Å². The molecule has 0 aliphatic rings. The lowest BCUT2D eigenvalue weighted by molar-refractivity contribution is 0.0781. The summed E-state index contributed by atoms with van der Waals surface area (Å²) in [6.07, 6.45) is 0.000162. The van der Waals surface area contributed by atoms with Gasteiger partial charge in [-0.3, -0.25) is 0 Å². The van der Waals surface area contributed by atoms with Crippen molar-refractivity contribution in [2.75, 3.05) is 25.5 Å². The summed E-state index contributed by atoms with van der Waals surface area (Å²) in [6.45, 7) is -0.965. The van der Waals surface area contributed by atoms with Crippen LogP contribution in [0.1, 0.15) is 0 Å². The number of sulfonamides is 1. The number of fused-ring (bicyclic) bond motifs is 1. The van der Waals surface area contributed by atoms with E-state index in [1.165, 1.54) is 37.5 Å². The Morgan fingerprint density at radius 1 is 1.20 bits per heavy atom. The quantitative estimate of drug-likeness (QED) is 0.334. The Kier molecular flexibility index (Phi) is 6.62. The lowest BCUT2D eigenvalue weighted by Crippen LogP contribution is -2.16. The van der Waals surface area contributed by atoms with Crippen LogP contribution in [0, 0.1) is 0 Å². The van der Waals surface area contributed by atoms with Crippen LogP contribution >= 0.6 is 11.6 Å². The normalized spacial score (nSPS) is 11.7. The summed E-state index contributed by atoms with van der Waals surface area (Å²) in [5.74, 6) is -1.33. The molecule has 35 heavy (non-hydrogen) atoms. The van der Waals surface area contributed by atoms with Gasteiger partial charge in [-0.1, -0.05) is 11.6 Å². The van der Waals surface area contributed by atoms with Gasteiger partial charge in [0.05, 0.1) is 31.0 Å². The highest BCUT2D eigenvalue weighted by molar-refractivity contribution is 7.93. The Bertz CT molecular complexity index is 1470. The maximum atomic E-state index is 13.2. The van der Waals surface area contributed by atoms with E-state index in [0.717, 1.165) is 0 Å². The molecule has 0 atom stereocenters. The van der Waals surface area contributed by atoms with Gasteiger partial charge in [0.2, 0.25) is 11.7 Å².